The number of hydrogen-bond acceptors (Lipinski definition) is 5. The molecule has 5 heteroatoms. The summed E-state index contributed by atoms with van der Waals surface area (Å²) in [6.45, 7) is 4.16. The lowest BCUT2D eigenvalue weighted by Crippen LogP contribution is -1.89. The third-order valence-electron chi connectivity index (χ3n) is 3.70. The van der Waals surface area contributed by atoms with E-state index in [0.29, 0.717) is 11.1 Å². The molecule has 0 radical (unpaired) electrons. The van der Waals surface area contributed by atoms with Crippen molar-refractivity contribution in [1.29, 1.82) is 0 Å². The molecule has 1 aromatic heterocycles. The standard InChI is InChI=1S/C18H18N2O2S/c1-12-8-9-14(10-13(12)2)17-19-20-18(22-17)23-11-15-6-4-5-7-16(15)21-3/h4-10H,11H2,1-3H3. The van der Waals surface area contributed by atoms with Gasteiger partial charge in [-0.3, -0.25) is 0 Å². The molecule has 0 aliphatic heterocycles. The van der Waals surface area contributed by atoms with Crippen molar-refractivity contribution in [3.63, 3.8) is 0 Å². The molecule has 118 valence electrons. The Morgan fingerprint density at radius 2 is 1.87 bits per heavy atom. The maximum atomic E-state index is 5.76. The van der Waals surface area contributed by atoms with Gasteiger partial charge in [0.1, 0.15) is 5.75 Å². The second kappa shape index (κ2) is 6.87. The SMILES string of the molecule is COc1ccccc1CSc1nnc(-c2ccc(C)c(C)c2)o1. The van der Waals surface area contributed by atoms with Gasteiger partial charge in [0.15, 0.2) is 0 Å². The monoisotopic (exact) mass is 326 g/mol. The van der Waals surface area contributed by atoms with E-state index in [4.69, 9.17) is 9.15 Å². The quantitative estimate of drug-likeness (QED) is 0.638. The molecule has 0 saturated carbocycles. The molecule has 0 unspecified atom stereocenters. The Bertz CT molecular complexity index is 814. The molecule has 0 N–H and O–H groups in total. The van der Waals surface area contributed by atoms with Gasteiger partial charge in [-0.05, 0) is 43.2 Å². The van der Waals surface area contributed by atoms with E-state index in [0.717, 1.165) is 22.6 Å². The van der Waals surface area contributed by atoms with Crippen molar-refractivity contribution in [1.82, 2.24) is 10.2 Å². The first-order valence-electron chi connectivity index (χ1n) is 7.33. The molecular formula is C18H18N2O2S. The zero-order valence-electron chi connectivity index (χ0n) is 13.4. The number of thioether (sulfide) groups is 1. The summed E-state index contributed by atoms with van der Waals surface area (Å²) >= 11 is 1.51. The Labute approximate surface area is 139 Å². The number of para-hydroxylation sites is 1. The Morgan fingerprint density at radius 1 is 1.04 bits per heavy atom. The van der Waals surface area contributed by atoms with Crippen LogP contribution in [0.4, 0.5) is 0 Å². The smallest absolute Gasteiger partial charge is 0.277 e. The Balaban J connectivity index is 1.73. The van der Waals surface area contributed by atoms with Crippen LogP contribution in [0.1, 0.15) is 16.7 Å². The number of benzene rings is 2. The maximum Gasteiger partial charge on any atom is 0.277 e. The topological polar surface area (TPSA) is 48.2 Å². The summed E-state index contributed by atoms with van der Waals surface area (Å²) in [7, 11) is 1.67. The van der Waals surface area contributed by atoms with Crippen molar-refractivity contribution in [2.24, 2.45) is 0 Å². The fourth-order valence-corrected chi connectivity index (χ4v) is 2.97. The zero-order chi connectivity index (χ0) is 16.2. The fraction of sp³-hybridized carbons (Fsp3) is 0.222. The van der Waals surface area contributed by atoms with Gasteiger partial charge in [-0.15, -0.1) is 10.2 Å². The number of aryl methyl sites for hydroxylation is 2. The first-order valence-corrected chi connectivity index (χ1v) is 8.32. The van der Waals surface area contributed by atoms with E-state index in [1.165, 1.54) is 22.9 Å². The van der Waals surface area contributed by atoms with E-state index in [-0.39, 0.29) is 0 Å². The molecule has 0 amide bonds. The molecule has 0 saturated heterocycles. The number of rotatable bonds is 5. The van der Waals surface area contributed by atoms with Crippen LogP contribution in [0.5, 0.6) is 5.75 Å². The highest BCUT2D eigenvalue weighted by Crippen LogP contribution is 2.29. The van der Waals surface area contributed by atoms with Crippen molar-refractivity contribution >= 4 is 11.8 Å². The second-order valence-corrected chi connectivity index (χ2v) is 6.20. The minimum atomic E-state index is 0.552. The van der Waals surface area contributed by atoms with Gasteiger partial charge in [-0.2, -0.15) is 0 Å². The number of ether oxygens (including phenoxy) is 1. The third kappa shape index (κ3) is 3.56. The Hall–Kier alpha value is -2.27. The van der Waals surface area contributed by atoms with Crippen LogP contribution in [-0.4, -0.2) is 17.3 Å². The van der Waals surface area contributed by atoms with E-state index in [1.54, 1.807) is 7.11 Å². The number of nitrogens with zero attached hydrogens (tertiary/aromatic N) is 2. The van der Waals surface area contributed by atoms with Gasteiger partial charge >= 0.3 is 0 Å². The van der Waals surface area contributed by atoms with Crippen LogP contribution in [0.2, 0.25) is 0 Å². The lowest BCUT2D eigenvalue weighted by molar-refractivity contribution is 0.411. The summed E-state index contributed by atoms with van der Waals surface area (Å²) in [4.78, 5) is 0. The fourth-order valence-electron chi connectivity index (χ4n) is 2.22. The molecule has 0 aliphatic rings. The van der Waals surface area contributed by atoms with Gasteiger partial charge < -0.3 is 9.15 Å². The van der Waals surface area contributed by atoms with Crippen molar-refractivity contribution < 1.29 is 9.15 Å². The van der Waals surface area contributed by atoms with Crippen LogP contribution >= 0.6 is 11.8 Å². The minimum Gasteiger partial charge on any atom is -0.496 e. The number of aromatic nitrogens is 2. The summed E-state index contributed by atoms with van der Waals surface area (Å²) in [5.41, 5.74) is 4.51. The van der Waals surface area contributed by atoms with E-state index >= 15 is 0 Å². The van der Waals surface area contributed by atoms with Crippen LogP contribution in [0, 0.1) is 13.8 Å². The van der Waals surface area contributed by atoms with Gasteiger partial charge in [0.25, 0.3) is 5.22 Å². The number of hydrogen-bond donors (Lipinski definition) is 0. The van der Waals surface area contributed by atoms with Crippen molar-refractivity contribution in [2.45, 2.75) is 24.8 Å². The van der Waals surface area contributed by atoms with Gasteiger partial charge in [-0.25, -0.2) is 0 Å². The van der Waals surface area contributed by atoms with E-state index in [9.17, 15) is 0 Å². The predicted molar refractivity (Wildman–Crippen MR) is 91.8 cm³/mol. The summed E-state index contributed by atoms with van der Waals surface area (Å²) in [6, 6.07) is 14.1. The molecule has 0 atom stereocenters. The first kappa shape index (κ1) is 15.6. The molecule has 23 heavy (non-hydrogen) atoms. The molecular weight excluding hydrogens is 308 g/mol. The van der Waals surface area contributed by atoms with Crippen molar-refractivity contribution in [2.75, 3.05) is 7.11 Å². The van der Waals surface area contributed by atoms with Crippen LogP contribution in [-0.2, 0) is 5.75 Å². The predicted octanol–water partition coefficient (Wildman–Crippen LogP) is 4.65. The van der Waals surface area contributed by atoms with Gasteiger partial charge in [-0.1, -0.05) is 36.0 Å². The average Bonchev–Trinajstić information content (AvgIpc) is 3.04. The molecule has 3 rings (SSSR count). The van der Waals surface area contributed by atoms with Gasteiger partial charge in [0, 0.05) is 16.9 Å². The van der Waals surface area contributed by atoms with E-state index in [1.807, 2.05) is 30.3 Å². The molecule has 2 aromatic carbocycles. The van der Waals surface area contributed by atoms with E-state index < -0.39 is 0 Å². The zero-order valence-corrected chi connectivity index (χ0v) is 14.2. The molecule has 0 bridgehead atoms. The van der Waals surface area contributed by atoms with Gasteiger partial charge in [0.05, 0.1) is 7.11 Å². The summed E-state index contributed by atoms with van der Waals surface area (Å²) in [5, 5.41) is 8.82. The molecule has 4 nitrogen and oxygen atoms in total. The van der Waals surface area contributed by atoms with E-state index in [2.05, 4.69) is 36.2 Å². The average molecular weight is 326 g/mol. The van der Waals surface area contributed by atoms with Crippen molar-refractivity contribution in [3.8, 4) is 17.2 Å². The maximum absolute atomic E-state index is 5.76. The summed E-state index contributed by atoms with van der Waals surface area (Å²) in [5.74, 6) is 2.14. The van der Waals surface area contributed by atoms with Crippen LogP contribution < -0.4 is 4.74 Å². The summed E-state index contributed by atoms with van der Waals surface area (Å²) < 4.78 is 11.1. The molecule has 0 spiro atoms. The molecule has 0 aliphatic carbocycles. The highest BCUT2D eigenvalue weighted by molar-refractivity contribution is 7.98. The highest BCUT2D eigenvalue weighted by atomic mass is 32.2. The highest BCUT2D eigenvalue weighted by Gasteiger charge is 2.11. The normalized spacial score (nSPS) is 10.7. The number of methoxy groups -OCH3 is 1. The molecule has 1 heterocycles. The lowest BCUT2D eigenvalue weighted by atomic mass is 10.1. The lowest BCUT2D eigenvalue weighted by Gasteiger charge is -2.05. The van der Waals surface area contributed by atoms with Gasteiger partial charge in [0.2, 0.25) is 5.89 Å². The Kier molecular flexibility index (Phi) is 4.67. The van der Waals surface area contributed by atoms with Crippen LogP contribution in [0.15, 0.2) is 52.1 Å². The second-order valence-electron chi connectivity index (χ2n) is 5.27. The first-order chi connectivity index (χ1) is 11.2. The van der Waals surface area contributed by atoms with Crippen LogP contribution in [0.25, 0.3) is 11.5 Å². The van der Waals surface area contributed by atoms with Crippen LogP contribution in [0.3, 0.4) is 0 Å². The minimum absolute atomic E-state index is 0.552. The van der Waals surface area contributed by atoms with Crippen molar-refractivity contribution in [3.05, 3.63) is 59.2 Å². The largest absolute Gasteiger partial charge is 0.496 e. The molecule has 0 fully saturated rings. The Morgan fingerprint density at radius 3 is 2.65 bits per heavy atom. The summed E-state index contributed by atoms with van der Waals surface area (Å²) in [6.07, 6.45) is 0. The third-order valence-corrected chi connectivity index (χ3v) is 4.57. The molecule has 3 aromatic rings.